The third kappa shape index (κ3) is 3.34. The molecule has 0 aliphatic heterocycles. The Kier molecular flexibility index (Phi) is 4.93. The molecule has 0 aliphatic carbocycles. The smallest absolute Gasteiger partial charge is 0.141 e. The fraction of sp³-hybridized carbons (Fsp3) is 0.0400. The van der Waals surface area contributed by atoms with Crippen LogP contribution in [0.5, 0.6) is 0 Å². The van der Waals surface area contributed by atoms with Gasteiger partial charge >= 0.3 is 0 Å². The first-order chi connectivity index (χ1) is 13.2. The van der Waals surface area contributed by atoms with E-state index in [0.29, 0.717) is 0 Å². The lowest BCUT2D eigenvalue weighted by atomic mass is 9.79. The van der Waals surface area contributed by atoms with Gasteiger partial charge in [0.15, 0.2) is 0 Å². The Bertz CT molecular complexity index is 988. The summed E-state index contributed by atoms with van der Waals surface area (Å²) in [6, 6.07) is 36.0. The van der Waals surface area contributed by atoms with Crippen LogP contribution >= 0.6 is 15.9 Å². The number of halogens is 1. The molecule has 132 valence electrons. The van der Waals surface area contributed by atoms with Gasteiger partial charge < -0.3 is 5.11 Å². The largest absolute Gasteiger partial charge is 0.376 e. The first-order valence-electron chi connectivity index (χ1n) is 8.88. The zero-order valence-electron chi connectivity index (χ0n) is 14.7. The summed E-state index contributed by atoms with van der Waals surface area (Å²) in [6.45, 7) is 0. The maximum absolute atomic E-state index is 12.0. The molecule has 4 aromatic carbocycles. The van der Waals surface area contributed by atoms with Crippen molar-refractivity contribution in [2.24, 2.45) is 0 Å². The van der Waals surface area contributed by atoms with Crippen LogP contribution in [0, 0.1) is 0 Å². The summed E-state index contributed by atoms with van der Waals surface area (Å²) in [5, 5.41) is 12.0. The van der Waals surface area contributed by atoms with Crippen LogP contribution in [0.15, 0.2) is 114 Å². The lowest BCUT2D eigenvalue weighted by Gasteiger charge is -2.31. The van der Waals surface area contributed by atoms with E-state index in [4.69, 9.17) is 0 Å². The van der Waals surface area contributed by atoms with Crippen molar-refractivity contribution in [2.75, 3.05) is 0 Å². The summed E-state index contributed by atoms with van der Waals surface area (Å²) >= 11 is 3.67. The van der Waals surface area contributed by atoms with E-state index in [-0.39, 0.29) is 0 Å². The predicted octanol–water partition coefficient (Wildman–Crippen LogP) is 6.40. The van der Waals surface area contributed by atoms with E-state index in [2.05, 4.69) is 40.2 Å². The van der Waals surface area contributed by atoms with Gasteiger partial charge in [0.1, 0.15) is 5.60 Å². The molecule has 4 rings (SSSR count). The van der Waals surface area contributed by atoms with Gasteiger partial charge in [-0.1, -0.05) is 113 Å². The highest BCUT2D eigenvalue weighted by atomic mass is 79.9. The Morgan fingerprint density at radius 3 is 1.56 bits per heavy atom. The molecule has 4 aromatic rings. The van der Waals surface area contributed by atoms with Gasteiger partial charge in [0, 0.05) is 10.0 Å². The Morgan fingerprint density at radius 2 is 1.04 bits per heavy atom. The molecule has 0 amide bonds. The van der Waals surface area contributed by atoms with E-state index in [1.807, 2.05) is 84.9 Å². The van der Waals surface area contributed by atoms with Gasteiger partial charge in [-0.15, -0.1) is 0 Å². The number of aliphatic hydroxyl groups is 1. The molecule has 1 nitrogen and oxygen atoms in total. The van der Waals surface area contributed by atoms with Crippen LogP contribution in [0.1, 0.15) is 16.7 Å². The number of benzene rings is 4. The average Bonchev–Trinajstić information content (AvgIpc) is 2.75. The predicted molar refractivity (Wildman–Crippen MR) is 115 cm³/mol. The van der Waals surface area contributed by atoms with Gasteiger partial charge in [-0.25, -0.2) is 0 Å². The van der Waals surface area contributed by atoms with Crippen LogP contribution in [-0.4, -0.2) is 5.11 Å². The fourth-order valence-electron chi connectivity index (χ4n) is 3.45. The molecule has 0 radical (unpaired) electrons. The van der Waals surface area contributed by atoms with E-state index < -0.39 is 5.60 Å². The van der Waals surface area contributed by atoms with Crippen molar-refractivity contribution in [1.82, 2.24) is 0 Å². The van der Waals surface area contributed by atoms with Crippen LogP contribution in [-0.2, 0) is 5.60 Å². The molecule has 0 aliphatic rings. The Labute approximate surface area is 168 Å². The van der Waals surface area contributed by atoms with Crippen LogP contribution in [0.2, 0.25) is 0 Å². The molecule has 0 spiro atoms. The quantitative estimate of drug-likeness (QED) is 0.383. The highest BCUT2D eigenvalue weighted by molar-refractivity contribution is 9.10. The molecule has 27 heavy (non-hydrogen) atoms. The summed E-state index contributed by atoms with van der Waals surface area (Å²) in [5.74, 6) is 0. The van der Waals surface area contributed by atoms with Crippen molar-refractivity contribution < 1.29 is 5.11 Å². The molecule has 0 fully saturated rings. The molecular formula is C25H19BrO. The van der Waals surface area contributed by atoms with Crippen LogP contribution in [0.3, 0.4) is 0 Å². The van der Waals surface area contributed by atoms with Gasteiger partial charge in [0.05, 0.1) is 0 Å². The second-order valence-corrected chi connectivity index (χ2v) is 7.36. The van der Waals surface area contributed by atoms with Gasteiger partial charge in [0.25, 0.3) is 0 Å². The first kappa shape index (κ1) is 17.7. The molecule has 0 heterocycles. The molecular weight excluding hydrogens is 396 g/mol. The van der Waals surface area contributed by atoms with Crippen molar-refractivity contribution in [3.8, 4) is 11.1 Å². The first-order valence-corrected chi connectivity index (χ1v) is 9.68. The molecule has 0 atom stereocenters. The van der Waals surface area contributed by atoms with Crippen molar-refractivity contribution in [2.45, 2.75) is 5.60 Å². The molecule has 0 saturated carbocycles. The van der Waals surface area contributed by atoms with E-state index in [1.165, 1.54) is 0 Å². The molecule has 0 bridgehead atoms. The molecule has 1 N–H and O–H groups in total. The minimum atomic E-state index is -1.26. The van der Waals surface area contributed by atoms with E-state index in [0.717, 1.165) is 32.3 Å². The summed E-state index contributed by atoms with van der Waals surface area (Å²) in [5.41, 5.74) is 3.42. The third-order valence-electron chi connectivity index (χ3n) is 4.85. The Morgan fingerprint density at radius 1 is 0.556 bits per heavy atom. The summed E-state index contributed by atoms with van der Waals surface area (Å²) < 4.78 is 0.873. The Balaban J connectivity index is 1.97. The number of rotatable bonds is 4. The Hall–Kier alpha value is -2.68. The standard InChI is InChI=1S/C25H19BrO/c26-24-17-16-20(19-10-4-1-5-11-19)18-23(24)25(27,21-12-6-2-7-13-21)22-14-8-3-9-15-22/h1-18,27H. The lowest BCUT2D eigenvalue weighted by molar-refractivity contribution is 0.125. The SMILES string of the molecule is OC(c1ccccc1)(c1ccccc1)c1cc(-c2ccccc2)ccc1Br. The lowest BCUT2D eigenvalue weighted by Crippen LogP contribution is -2.29. The average molecular weight is 415 g/mol. The van der Waals surface area contributed by atoms with Gasteiger partial charge in [-0.05, 0) is 34.4 Å². The topological polar surface area (TPSA) is 20.2 Å². The zero-order chi connectivity index (χ0) is 18.7. The van der Waals surface area contributed by atoms with Gasteiger partial charge in [-0.3, -0.25) is 0 Å². The van der Waals surface area contributed by atoms with Crippen molar-refractivity contribution in [3.05, 3.63) is 130 Å². The van der Waals surface area contributed by atoms with Crippen LogP contribution in [0.25, 0.3) is 11.1 Å². The van der Waals surface area contributed by atoms with Gasteiger partial charge in [0.2, 0.25) is 0 Å². The maximum Gasteiger partial charge on any atom is 0.141 e. The minimum Gasteiger partial charge on any atom is -0.376 e. The molecule has 0 unspecified atom stereocenters. The highest BCUT2D eigenvalue weighted by Crippen LogP contribution is 2.41. The third-order valence-corrected chi connectivity index (χ3v) is 5.54. The molecule has 0 aromatic heterocycles. The highest BCUT2D eigenvalue weighted by Gasteiger charge is 2.35. The van der Waals surface area contributed by atoms with Crippen molar-refractivity contribution in [3.63, 3.8) is 0 Å². The van der Waals surface area contributed by atoms with E-state index in [1.54, 1.807) is 0 Å². The van der Waals surface area contributed by atoms with Crippen LogP contribution in [0.4, 0.5) is 0 Å². The summed E-state index contributed by atoms with van der Waals surface area (Å²) in [7, 11) is 0. The summed E-state index contributed by atoms with van der Waals surface area (Å²) in [4.78, 5) is 0. The van der Waals surface area contributed by atoms with E-state index in [9.17, 15) is 5.11 Å². The van der Waals surface area contributed by atoms with Crippen molar-refractivity contribution >= 4 is 15.9 Å². The number of hydrogen-bond acceptors (Lipinski definition) is 1. The van der Waals surface area contributed by atoms with E-state index >= 15 is 0 Å². The summed E-state index contributed by atoms with van der Waals surface area (Å²) in [6.07, 6.45) is 0. The molecule has 2 heteroatoms. The van der Waals surface area contributed by atoms with Gasteiger partial charge in [-0.2, -0.15) is 0 Å². The maximum atomic E-state index is 12.0. The van der Waals surface area contributed by atoms with Crippen LogP contribution < -0.4 is 0 Å². The normalized spacial score (nSPS) is 11.3. The number of hydrogen-bond donors (Lipinski definition) is 1. The monoisotopic (exact) mass is 414 g/mol. The second kappa shape index (κ2) is 7.51. The van der Waals surface area contributed by atoms with Crippen molar-refractivity contribution in [1.29, 1.82) is 0 Å². The zero-order valence-corrected chi connectivity index (χ0v) is 16.3. The molecule has 0 saturated heterocycles. The second-order valence-electron chi connectivity index (χ2n) is 6.50. The minimum absolute atomic E-state index is 0.821. The fourth-order valence-corrected chi connectivity index (χ4v) is 3.98.